The minimum Gasteiger partial charge on any atom is -0.386 e. The molecule has 20 heavy (non-hydrogen) atoms. The van der Waals surface area contributed by atoms with E-state index in [2.05, 4.69) is 5.32 Å². The SMILES string of the molecule is COCCCC(=O)NCC(O)c1cc2ccccc2s1. The fraction of sp³-hybridized carbons (Fsp3) is 0.400. The fourth-order valence-corrected chi connectivity index (χ4v) is 2.99. The molecule has 108 valence electrons. The summed E-state index contributed by atoms with van der Waals surface area (Å²) in [6, 6.07) is 9.97. The highest BCUT2D eigenvalue weighted by atomic mass is 32.1. The first-order valence-electron chi connectivity index (χ1n) is 6.63. The Morgan fingerprint density at radius 2 is 2.25 bits per heavy atom. The van der Waals surface area contributed by atoms with E-state index in [1.807, 2.05) is 30.3 Å². The number of benzene rings is 1. The molecule has 5 heteroatoms. The molecule has 0 radical (unpaired) electrons. The molecule has 1 aromatic heterocycles. The van der Waals surface area contributed by atoms with Crippen molar-refractivity contribution in [3.8, 4) is 0 Å². The van der Waals surface area contributed by atoms with Gasteiger partial charge in [0.05, 0.1) is 0 Å². The van der Waals surface area contributed by atoms with Gasteiger partial charge in [0.15, 0.2) is 0 Å². The van der Waals surface area contributed by atoms with E-state index in [-0.39, 0.29) is 12.5 Å². The third-order valence-corrected chi connectivity index (χ3v) is 4.24. The van der Waals surface area contributed by atoms with Crippen molar-refractivity contribution in [2.24, 2.45) is 0 Å². The number of aliphatic hydroxyl groups is 1. The lowest BCUT2D eigenvalue weighted by Crippen LogP contribution is -2.28. The number of ether oxygens (including phenoxy) is 1. The van der Waals surface area contributed by atoms with E-state index in [4.69, 9.17) is 4.74 Å². The Kier molecular flexibility index (Phi) is 5.52. The van der Waals surface area contributed by atoms with E-state index < -0.39 is 6.10 Å². The van der Waals surface area contributed by atoms with Gasteiger partial charge in [-0.15, -0.1) is 11.3 Å². The fourth-order valence-electron chi connectivity index (χ4n) is 1.94. The predicted octanol–water partition coefficient (Wildman–Crippen LogP) is 2.48. The number of fused-ring (bicyclic) bond motifs is 1. The van der Waals surface area contributed by atoms with Crippen LogP contribution in [0.2, 0.25) is 0 Å². The van der Waals surface area contributed by atoms with Gasteiger partial charge in [-0.3, -0.25) is 4.79 Å². The Labute approximate surface area is 122 Å². The first-order valence-corrected chi connectivity index (χ1v) is 7.44. The maximum Gasteiger partial charge on any atom is 0.220 e. The zero-order chi connectivity index (χ0) is 14.4. The molecule has 0 saturated carbocycles. The molecule has 1 amide bonds. The minimum absolute atomic E-state index is 0.0535. The van der Waals surface area contributed by atoms with Gasteiger partial charge in [0.25, 0.3) is 0 Å². The first kappa shape index (κ1) is 15.0. The van der Waals surface area contributed by atoms with Gasteiger partial charge in [0, 0.05) is 36.3 Å². The summed E-state index contributed by atoms with van der Waals surface area (Å²) < 4.78 is 6.04. The van der Waals surface area contributed by atoms with E-state index in [1.54, 1.807) is 18.4 Å². The van der Waals surface area contributed by atoms with Crippen LogP contribution in [-0.2, 0) is 9.53 Å². The second kappa shape index (κ2) is 7.38. The molecule has 1 aromatic carbocycles. The van der Waals surface area contributed by atoms with Crippen LogP contribution in [0.15, 0.2) is 30.3 Å². The average molecular weight is 293 g/mol. The van der Waals surface area contributed by atoms with Crippen LogP contribution in [0, 0.1) is 0 Å². The monoisotopic (exact) mass is 293 g/mol. The van der Waals surface area contributed by atoms with Crippen LogP contribution in [0.1, 0.15) is 23.8 Å². The highest BCUT2D eigenvalue weighted by Gasteiger charge is 2.12. The molecular weight excluding hydrogens is 274 g/mol. The topological polar surface area (TPSA) is 58.6 Å². The third kappa shape index (κ3) is 4.03. The van der Waals surface area contributed by atoms with Crippen LogP contribution in [0.4, 0.5) is 0 Å². The summed E-state index contributed by atoms with van der Waals surface area (Å²) in [6.45, 7) is 0.824. The van der Waals surface area contributed by atoms with Crippen molar-refractivity contribution >= 4 is 27.3 Å². The summed E-state index contributed by atoms with van der Waals surface area (Å²) in [5.41, 5.74) is 0. The molecule has 2 aromatic rings. The standard InChI is InChI=1S/C15H19NO3S/c1-19-8-4-7-15(18)16-10-12(17)14-9-11-5-2-3-6-13(11)20-14/h2-3,5-6,9,12,17H,4,7-8,10H2,1H3,(H,16,18). The summed E-state index contributed by atoms with van der Waals surface area (Å²) in [5, 5.41) is 14.0. The van der Waals surface area contributed by atoms with E-state index in [1.165, 1.54) is 0 Å². The zero-order valence-electron chi connectivity index (χ0n) is 11.5. The summed E-state index contributed by atoms with van der Waals surface area (Å²) >= 11 is 1.56. The number of carbonyl (C=O) groups is 1. The first-order chi connectivity index (χ1) is 9.70. The number of hydrogen-bond acceptors (Lipinski definition) is 4. The van der Waals surface area contributed by atoms with E-state index >= 15 is 0 Å². The van der Waals surface area contributed by atoms with Gasteiger partial charge in [0.2, 0.25) is 5.91 Å². The van der Waals surface area contributed by atoms with Gasteiger partial charge in [-0.1, -0.05) is 18.2 Å². The molecule has 1 atom stereocenters. The molecule has 0 aliphatic carbocycles. The van der Waals surface area contributed by atoms with Crippen molar-refractivity contribution in [2.45, 2.75) is 18.9 Å². The van der Waals surface area contributed by atoms with Gasteiger partial charge in [-0.05, 0) is 23.9 Å². The molecule has 0 fully saturated rings. The van der Waals surface area contributed by atoms with Crippen LogP contribution >= 0.6 is 11.3 Å². The minimum atomic E-state index is -0.654. The van der Waals surface area contributed by atoms with Crippen LogP contribution in [0.25, 0.3) is 10.1 Å². The van der Waals surface area contributed by atoms with Crippen molar-refractivity contribution in [1.82, 2.24) is 5.32 Å². The number of nitrogens with one attached hydrogen (secondary N) is 1. The molecule has 2 rings (SSSR count). The molecule has 2 N–H and O–H groups in total. The Hall–Kier alpha value is -1.43. The summed E-state index contributed by atoms with van der Waals surface area (Å²) in [6.07, 6.45) is 0.465. The van der Waals surface area contributed by atoms with E-state index in [0.717, 1.165) is 15.0 Å². The Bertz CT molecular complexity index is 534. The van der Waals surface area contributed by atoms with Crippen molar-refractivity contribution in [3.05, 3.63) is 35.2 Å². The number of amides is 1. The lowest BCUT2D eigenvalue weighted by Gasteiger charge is -2.10. The molecule has 0 spiro atoms. The molecule has 0 aliphatic heterocycles. The van der Waals surface area contributed by atoms with Gasteiger partial charge in [-0.25, -0.2) is 0 Å². The second-order valence-electron chi connectivity index (χ2n) is 4.60. The predicted molar refractivity (Wildman–Crippen MR) is 80.9 cm³/mol. The lowest BCUT2D eigenvalue weighted by atomic mass is 10.2. The summed E-state index contributed by atoms with van der Waals surface area (Å²) in [7, 11) is 1.61. The van der Waals surface area contributed by atoms with E-state index in [9.17, 15) is 9.90 Å². The molecule has 4 nitrogen and oxygen atoms in total. The number of aliphatic hydroxyl groups excluding tert-OH is 1. The number of hydrogen-bond donors (Lipinski definition) is 2. The van der Waals surface area contributed by atoms with E-state index in [0.29, 0.717) is 19.4 Å². The van der Waals surface area contributed by atoms with Gasteiger partial charge in [0.1, 0.15) is 6.10 Å². The van der Waals surface area contributed by atoms with Gasteiger partial charge < -0.3 is 15.2 Å². The number of rotatable bonds is 7. The Morgan fingerprint density at radius 3 is 3.00 bits per heavy atom. The summed E-state index contributed by atoms with van der Waals surface area (Å²) in [5.74, 6) is -0.0535. The molecule has 0 bridgehead atoms. The number of carbonyl (C=O) groups excluding carboxylic acids is 1. The largest absolute Gasteiger partial charge is 0.386 e. The smallest absolute Gasteiger partial charge is 0.220 e. The Balaban J connectivity index is 1.85. The highest BCUT2D eigenvalue weighted by Crippen LogP contribution is 2.29. The lowest BCUT2D eigenvalue weighted by molar-refractivity contribution is -0.121. The van der Waals surface area contributed by atoms with Crippen molar-refractivity contribution in [2.75, 3.05) is 20.3 Å². The highest BCUT2D eigenvalue weighted by molar-refractivity contribution is 7.19. The Morgan fingerprint density at radius 1 is 1.45 bits per heavy atom. The van der Waals surface area contributed by atoms with Crippen molar-refractivity contribution < 1.29 is 14.6 Å². The second-order valence-corrected chi connectivity index (χ2v) is 5.72. The number of thiophene rings is 1. The van der Waals surface area contributed by atoms with Crippen molar-refractivity contribution in [3.63, 3.8) is 0 Å². The van der Waals surface area contributed by atoms with Crippen LogP contribution in [0.5, 0.6) is 0 Å². The number of methoxy groups -OCH3 is 1. The quantitative estimate of drug-likeness (QED) is 0.771. The van der Waals surface area contributed by atoms with Crippen LogP contribution in [-0.4, -0.2) is 31.3 Å². The van der Waals surface area contributed by atoms with Crippen LogP contribution < -0.4 is 5.32 Å². The van der Waals surface area contributed by atoms with Crippen LogP contribution in [0.3, 0.4) is 0 Å². The molecule has 1 heterocycles. The molecule has 1 unspecified atom stereocenters. The summed E-state index contributed by atoms with van der Waals surface area (Å²) in [4.78, 5) is 12.4. The average Bonchev–Trinajstić information content (AvgIpc) is 2.89. The van der Waals surface area contributed by atoms with Crippen molar-refractivity contribution in [1.29, 1.82) is 0 Å². The van der Waals surface area contributed by atoms with Gasteiger partial charge in [-0.2, -0.15) is 0 Å². The van der Waals surface area contributed by atoms with Gasteiger partial charge >= 0.3 is 0 Å². The maximum atomic E-state index is 11.6. The molecule has 0 aliphatic rings. The normalized spacial score (nSPS) is 12.5. The third-order valence-electron chi connectivity index (χ3n) is 3.02. The maximum absolute atomic E-state index is 11.6. The molecular formula is C15H19NO3S. The molecule has 0 saturated heterocycles. The zero-order valence-corrected chi connectivity index (χ0v) is 12.3.